The number of hydrogen-bond acceptors (Lipinski definition) is 4. The SMILES string of the molecule is CCc1nc(C(=O)NCC2(SC)CCCC2)n[nH]1. The number of carbonyl (C=O) groups is 1. The average Bonchev–Trinajstić information content (AvgIpc) is 3.05. The van der Waals surface area contributed by atoms with E-state index in [9.17, 15) is 4.79 Å². The summed E-state index contributed by atoms with van der Waals surface area (Å²) in [6.45, 7) is 2.69. The molecule has 0 aromatic carbocycles. The third-order valence-electron chi connectivity index (χ3n) is 3.59. The molecule has 0 saturated heterocycles. The number of aromatic amines is 1. The predicted molar refractivity (Wildman–Crippen MR) is 72.8 cm³/mol. The maximum atomic E-state index is 11.9. The summed E-state index contributed by atoms with van der Waals surface area (Å²) in [4.78, 5) is 16.1. The lowest BCUT2D eigenvalue weighted by atomic mass is 10.1. The van der Waals surface area contributed by atoms with Crippen molar-refractivity contribution in [2.24, 2.45) is 0 Å². The van der Waals surface area contributed by atoms with Gasteiger partial charge in [0.15, 0.2) is 0 Å². The lowest BCUT2D eigenvalue weighted by Crippen LogP contribution is -2.38. The fourth-order valence-electron chi connectivity index (χ4n) is 2.35. The van der Waals surface area contributed by atoms with Crippen LogP contribution < -0.4 is 5.32 Å². The Hall–Kier alpha value is -1.04. The molecule has 0 unspecified atom stereocenters. The number of nitrogens with one attached hydrogen (secondary N) is 2. The molecule has 0 radical (unpaired) electrons. The Labute approximate surface area is 112 Å². The Balaban J connectivity index is 1.91. The minimum absolute atomic E-state index is 0.175. The van der Waals surface area contributed by atoms with Crippen LogP contribution in [0.15, 0.2) is 0 Å². The van der Waals surface area contributed by atoms with Crippen molar-refractivity contribution in [3.05, 3.63) is 11.6 Å². The number of carbonyl (C=O) groups excluding carboxylic acids is 1. The molecule has 1 aromatic heterocycles. The van der Waals surface area contributed by atoms with Crippen LogP contribution in [0.5, 0.6) is 0 Å². The second-order valence-corrected chi connectivity index (χ2v) is 6.01. The lowest BCUT2D eigenvalue weighted by molar-refractivity contribution is 0.0939. The van der Waals surface area contributed by atoms with E-state index in [2.05, 4.69) is 26.8 Å². The third-order valence-corrected chi connectivity index (χ3v) is 5.01. The Morgan fingerprint density at radius 1 is 1.50 bits per heavy atom. The summed E-state index contributed by atoms with van der Waals surface area (Å²) in [6, 6.07) is 0. The summed E-state index contributed by atoms with van der Waals surface area (Å²) in [7, 11) is 0. The molecule has 1 fully saturated rings. The maximum Gasteiger partial charge on any atom is 0.291 e. The van der Waals surface area contributed by atoms with E-state index >= 15 is 0 Å². The van der Waals surface area contributed by atoms with Crippen LogP contribution in [0.25, 0.3) is 0 Å². The zero-order chi connectivity index (χ0) is 13.0. The van der Waals surface area contributed by atoms with E-state index in [0.29, 0.717) is 6.54 Å². The summed E-state index contributed by atoms with van der Waals surface area (Å²) in [5.74, 6) is 0.827. The maximum absolute atomic E-state index is 11.9. The molecule has 2 N–H and O–H groups in total. The van der Waals surface area contributed by atoms with Crippen molar-refractivity contribution in [3.8, 4) is 0 Å². The third kappa shape index (κ3) is 2.85. The Kier molecular flexibility index (Phi) is 4.27. The first-order valence-corrected chi connectivity index (χ1v) is 7.66. The van der Waals surface area contributed by atoms with E-state index in [1.165, 1.54) is 25.7 Å². The van der Waals surface area contributed by atoms with Gasteiger partial charge in [-0.05, 0) is 19.1 Å². The molecule has 1 saturated carbocycles. The fraction of sp³-hybridized carbons (Fsp3) is 0.750. The minimum Gasteiger partial charge on any atom is -0.348 e. The first kappa shape index (κ1) is 13.4. The van der Waals surface area contributed by atoms with Gasteiger partial charge in [-0.15, -0.1) is 5.10 Å². The topological polar surface area (TPSA) is 70.7 Å². The molecule has 100 valence electrons. The number of thioether (sulfide) groups is 1. The first-order chi connectivity index (χ1) is 8.69. The molecule has 18 heavy (non-hydrogen) atoms. The highest BCUT2D eigenvalue weighted by Gasteiger charge is 2.33. The van der Waals surface area contributed by atoms with Crippen LogP contribution in [0, 0.1) is 0 Å². The summed E-state index contributed by atoms with van der Waals surface area (Å²) < 4.78 is 0.222. The Bertz CT molecular complexity index is 412. The van der Waals surface area contributed by atoms with Crippen LogP contribution in [0.3, 0.4) is 0 Å². The van der Waals surface area contributed by atoms with Gasteiger partial charge in [-0.25, -0.2) is 4.98 Å². The molecule has 2 rings (SSSR count). The zero-order valence-corrected chi connectivity index (χ0v) is 11.8. The van der Waals surface area contributed by atoms with Crippen molar-refractivity contribution in [2.45, 2.75) is 43.8 Å². The second kappa shape index (κ2) is 5.73. The summed E-state index contributed by atoms with van der Waals surface area (Å²) >= 11 is 1.86. The number of H-pyrrole nitrogens is 1. The van der Waals surface area contributed by atoms with Gasteiger partial charge < -0.3 is 5.32 Å². The number of nitrogens with zero attached hydrogens (tertiary/aromatic N) is 2. The second-order valence-electron chi connectivity index (χ2n) is 4.74. The van der Waals surface area contributed by atoms with Gasteiger partial charge in [0.2, 0.25) is 5.82 Å². The first-order valence-electron chi connectivity index (χ1n) is 6.44. The average molecular weight is 268 g/mol. The summed E-state index contributed by atoms with van der Waals surface area (Å²) in [5, 5.41) is 9.65. The highest BCUT2D eigenvalue weighted by Crippen LogP contribution is 2.39. The largest absolute Gasteiger partial charge is 0.348 e. The number of amides is 1. The lowest BCUT2D eigenvalue weighted by Gasteiger charge is -2.26. The van der Waals surface area contributed by atoms with Crippen molar-refractivity contribution in [2.75, 3.05) is 12.8 Å². The zero-order valence-electron chi connectivity index (χ0n) is 11.0. The fourth-order valence-corrected chi connectivity index (χ4v) is 3.26. The van der Waals surface area contributed by atoms with Crippen LogP contribution in [0.1, 0.15) is 49.1 Å². The number of rotatable bonds is 5. The van der Waals surface area contributed by atoms with Crippen molar-refractivity contribution in [1.29, 1.82) is 0 Å². The summed E-state index contributed by atoms with van der Waals surface area (Å²) in [6.07, 6.45) is 7.77. The van der Waals surface area contributed by atoms with Crippen LogP contribution >= 0.6 is 11.8 Å². The molecule has 0 atom stereocenters. The number of aryl methyl sites for hydroxylation is 1. The van der Waals surface area contributed by atoms with E-state index < -0.39 is 0 Å². The van der Waals surface area contributed by atoms with Crippen LogP contribution in [0.2, 0.25) is 0 Å². The van der Waals surface area contributed by atoms with Crippen LogP contribution in [-0.4, -0.2) is 38.6 Å². The van der Waals surface area contributed by atoms with Crippen molar-refractivity contribution in [1.82, 2.24) is 20.5 Å². The molecule has 0 spiro atoms. The Morgan fingerprint density at radius 2 is 2.22 bits per heavy atom. The molecular weight excluding hydrogens is 248 g/mol. The van der Waals surface area contributed by atoms with E-state index in [0.717, 1.165) is 12.2 Å². The van der Waals surface area contributed by atoms with Gasteiger partial charge in [0.1, 0.15) is 5.82 Å². The predicted octanol–water partition coefficient (Wildman–Crippen LogP) is 1.77. The Morgan fingerprint density at radius 3 is 2.78 bits per heavy atom. The van der Waals surface area contributed by atoms with Gasteiger partial charge in [-0.2, -0.15) is 11.8 Å². The molecule has 1 heterocycles. The minimum atomic E-state index is -0.175. The highest BCUT2D eigenvalue weighted by molar-refractivity contribution is 8.00. The van der Waals surface area contributed by atoms with E-state index in [1.807, 2.05) is 18.7 Å². The molecule has 0 bridgehead atoms. The van der Waals surface area contributed by atoms with Gasteiger partial charge in [-0.1, -0.05) is 19.8 Å². The highest BCUT2D eigenvalue weighted by atomic mass is 32.2. The molecule has 1 aliphatic carbocycles. The quantitative estimate of drug-likeness (QED) is 0.854. The number of hydrogen-bond donors (Lipinski definition) is 2. The summed E-state index contributed by atoms with van der Waals surface area (Å²) in [5.41, 5.74) is 0. The number of aromatic nitrogens is 3. The molecule has 5 nitrogen and oxygen atoms in total. The normalized spacial score (nSPS) is 17.9. The van der Waals surface area contributed by atoms with Gasteiger partial charge in [0.05, 0.1) is 0 Å². The van der Waals surface area contributed by atoms with Gasteiger partial charge in [0.25, 0.3) is 5.91 Å². The van der Waals surface area contributed by atoms with Crippen LogP contribution in [0.4, 0.5) is 0 Å². The molecule has 1 aliphatic rings. The molecule has 6 heteroatoms. The van der Waals surface area contributed by atoms with E-state index in [-0.39, 0.29) is 16.5 Å². The smallest absolute Gasteiger partial charge is 0.291 e. The van der Waals surface area contributed by atoms with Crippen molar-refractivity contribution >= 4 is 17.7 Å². The van der Waals surface area contributed by atoms with Crippen LogP contribution in [-0.2, 0) is 6.42 Å². The van der Waals surface area contributed by atoms with E-state index in [4.69, 9.17) is 0 Å². The molecule has 1 aromatic rings. The van der Waals surface area contributed by atoms with Crippen molar-refractivity contribution in [3.63, 3.8) is 0 Å². The van der Waals surface area contributed by atoms with Crippen molar-refractivity contribution < 1.29 is 4.79 Å². The van der Waals surface area contributed by atoms with Gasteiger partial charge in [-0.3, -0.25) is 9.89 Å². The monoisotopic (exact) mass is 268 g/mol. The molecule has 0 aliphatic heterocycles. The van der Waals surface area contributed by atoms with Gasteiger partial charge in [0, 0.05) is 17.7 Å². The van der Waals surface area contributed by atoms with Gasteiger partial charge >= 0.3 is 0 Å². The molecular formula is C12H20N4OS. The van der Waals surface area contributed by atoms with E-state index in [1.54, 1.807) is 0 Å². The molecule has 1 amide bonds. The standard InChI is InChI=1S/C12H20N4OS/c1-3-9-14-10(16-15-9)11(17)13-8-12(18-2)6-4-5-7-12/h3-8H2,1-2H3,(H,13,17)(H,14,15,16).